The van der Waals surface area contributed by atoms with Gasteiger partial charge in [0.15, 0.2) is 0 Å². The number of methoxy groups -OCH3 is 1. The third-order valence-corrected chi connectivity index (χ3v) is 7.37. The maximum atomic E-state index is 9.98. The Hall–Kier alpha value is -2.03. The normalized spacial score (nSPS) is 26.8. The summed E-state index contributed by atoms with van der Waals surface area (Å²) in [6, 6.07) is 0.0970. The van der Waals surface area contributed by atoms with Crippen LogP contribution >= 0.6 is 0 Å². The molecule has 1 saturated carbocycles. The molecule has 0 radical (unpaired) electrons. The lowest BCUT2D eigenvalue weighted by Crippen LogP contribution is -2.50. The largest absolute Gasteiger partial charge is 0.474 e. The summed E-state index contributed by atoms with van der Waals surface area (Å²) in [5.74, 6) is 1.53. The van der Waals surface area contributed by atoms with Crippen LogP contribution in [0.5, 0.6) is 5.88 Å². The monoisotopic (exact) mass is 457 g/mol. The van der Waals surface area contributed by atoms with Gasteiger partial charge in [0.2, 0.25) is 11.8 Å². The van der Waals surface area contributed by atoms with Crippen LogP contribution in [0.3, 0.4) is 0 Å². The Balaban J connectivity index is 1.66. The third-order valence-electron chi connectivity index (χ3n) is 7.37. The minimum atomic E-state index is -0.197. The Morgan fingerprint density at radius 1 is 1.18 bits per heavy atom. The first-order chi connectivity index (χ1) is 15.8. The van der Waals surface area contributed by atoms with Gasteiger partial charge in [0.05, 0.1) is 23.6 Å². The van der Waals surface area contributed by atoms with E-state index in [4.69, 9.17) is 19.4 Å². The zero-order valence-electron chi connectivity index (χ0n) is 20.7. The highest BCUT2D eigenvalue weighted by atomic mass is 16.5. The number of piperidine rings is 1. The molecule has 0 aromatic carbocycles. The fourth-order valence-corrected chi connectivity index (χ4v) is 5.09. The number of ether oxygens (including phenoxy) is 2. The molecule has 0 amide bonds. The van der Waals surface area contributed by atoms with Crippen LogP contribution in [-0.4, -0.2) is 76.1 Å². The van der Waals surface area contributed by atoms with Crippen LogP contribution in [-0.2, 0) is 4.74 Å². The van der Waals surface area contributed by atoms with Gasteiger partial charge in [-0.1, -0.05) is 0 Å². The molecule has 8 heteroatoms. The summed E-state index contributed by atoms with van der Waals surface area (Å²) >= 11 is 0. The Labute approximate surface area is 197 Å². The molecular weight excluding hydrogens is 418 g/mol. The number of likely N-dealkylation sites (tertiary alicyclic amines) is 1. The minimum Gasteiger partial charge on any atom is -0.474 e. The van der Waals surface area contributed by atoms with Gasteiger partial charge in [0.1, 0.15) is 6.10 Å². The van der Waals surface area contributed by atoms with E-state index in [0.717, 1.165) is 61.5 Å². The van der Waals surface area contributed by atoms with Crippen molar-refractivity contribution in [1.82, 2.24) is 19.9 Å². The van der Waals surface area contributed by atoms with Crippen LogP contribution in [0.15, 0.2) is 12.4 Å². The smallest absolute Gasteiger partial charge is 0.224 e. The van der Waals surface area contributed by atoms with Crippen molar-refractivity contribution in [3.63, 3.8) is 0 Å². The highest BCUT2D eigenvalue weighted by Crippen LogP contribution is 2.38. The number of nitrogens with zero attached hydrogens (tertiary/aromatic N) is 4. The van der Waals surface area contributed by atoms with E-state index in [9.17, 15) is 5.11 Å². The van der Waals surface area contributed by atoms with Crippen molar-refractivity contribution in [3.05, 3.63) is 18.0 Å². The summed E-state index contributed by atoms with van der Waals surface area (Å²) in [4.78, 5) is 16.6. The first kappa shape index (κ1) is 24.1. The van der Waals surface area contributed by atoms with Crippen LogP contribution in [0.4, 0.5) is 5.95 Å². The molecule has 0 unspecified atom stereocenters. The Morgan fingerprint density at radius 2 is 1.94 bits per heavy atom. The van der Waals surface area contributed by atoms with Gasteiger partial charge in [-0.05, 0) is 65.8 Å². The van der Waals surface area contributed by atoms with E-state index in [1.54, 1.807) is 7.11 Å². The molecule has 1 aliphatic carbocycles. The third kappa shape index (κ3) is 5.55. The van der Waals surface area contributed by atoms with Gasteiger partial charge in [-0.25, -0.2) is 15.0 Å². The molecule has 4 rings (SSSR count). The van der Waals surface area contributed by atoms with Gasteiger partial charge in [-0.2, -0.15) is 0 Å². The fraction of sp³-hybridized carbons (Fsp3) is 0.720. The molecule has 2 N–H and O–H groups in total. The van der Waals surface area contributed by atoms with Crippen molar-refractivity contribution in [2.75, 3.05) is 32.6 Å². The van der Waals surface area contributed by atoms with E-state index in [1.165, 1.54) is 0 Å². The number of hydrogen-bond acceptors (Lipinski definition) is 8. The summed E-state index contributed by atoms with van der Waals surface area (Å²) < 4.78 is 11.7. The van der Waals surface area contributed by atoms with Crippen molar-refractivity contribution in [1.29, 1.82) is 0 Å². The molecule has 2 aromatic heterocycles. The second kappa shape index (κ2) is 10.1. The maximum Gasteiger partial charge on any atom is 0.224 e. The summed E-state index contributed by atoms with van der Waals surface area (Å²) in [7, 11) is 3.86. The molecular formula is C25H39N5O3. The van der Waals surface area contributed by atoms with Gasteiger partial charge < -0.3 is 24.8 Å². The summed E-state index contributed by atoms with van der Waals surface area (Å²) in [5.41, 5.74) is 2.11. The zero-order chi connectivity index (χ0) is 23.6. The van der Waals surface area contributed by atoms with E-state index in [2.05, 4.69) is 36.1 Å². The number of aromatic nitrogens is 3. The number of fused-ring (bicyclic) bond motifs is 1. The first-order valence-electron chi connectivity index (χ1n) is 12.2. The van der Waals surface area contributed by atoms with Crippen LogP contribution in [0.2, 0.25) is 0 Å². The predicted octanol–water partition coefficient (Wildman–Crippen LogP) is 3.74. The molecule has 0 spiro atoms. The molecule has 33 heavy (non-hydrogen) atoms. The van der Waals surface area contributed by atoms with Crippen LogP contribution in [0, 0.1) is 0 Å². The first-order valence-corrected chi connectivity index (χ1v) is 12.2. The summed E-state index contributed by atoms with van der Waals surface area (Å²) in [6.45, 7) is 8.14. The van der Waals surface area contributed by atoms with Gasteiger partial charge in [-0.15, -0.1) is 0 Å². The van der Waals surface area contributed by atoms with E-state index in [1.807, 2.05) is 19.3 Å². The zero-order valence-corrected chi connectivity index (χ0v) is 20.7. The second-order valence-corrected chi connectivity index (χ2v) is 10.4. The number of nitrogens with one attached hydrogen (secondary N) is 1. The molecule has 2 atom stereocenters. The molecule has 8 nitrogen and oxygen atoms in total. The highest BCUT2D eigenvalue weighted by Gasteiger charge is 2.34. The Morgan fingerprint density at radius 3 is 2.64 bits per heavy atom. The van der Waals surface area contributed by atoms with Crippen LogP contribution in [0.1, 0.15) is 70.8 Å². The number of anilines is 1. The van der Waals surface area contributed by atoms with E-state index in [0.29, 0.717) is 24.4 Å². The average Bonchev–Trinajstić information content (AvgIpc) is 2.77. The Bertz CT molecular complexity index is 945. The molecule has 1 aliphatic heterocycles. The molecule has 1 saturated heterocycles. The molecule has 0 bridgehead atoms. The lowest BCUT2D eigenvalue weighted by atomic mass is 9.83. The number of rotatable bonds is 7. The van der Waals surface area contributed by atoms with Crippen LogP contribution in [0.25, 0.3) is 10.9 Å². The van der Waals surface area contributed by atoms with Crippen molar-refractivity contribution < 1.29 is 14.6 Å². The van der Waals surface area contributed by atoms with Crippen molar-refractivity contribution >= 4 is 16.9 Å². The molecule has 3 heterocycles. The molecule has 2 aliphatic rings. The van der Waals surface area contributed by atoms with Crippen LogP contribution < -0.4 is 10.1 Å². The van der Waals surface area contributed by atoms with Crippen molar-refractivity contribution in [2.24, 2.45) is 0 Å². The average molecular weight is 458 g/mol. The lowest BCUT2D eigenvalue weighted by Gasteiger charge is -2.43. The summed E-state index contributed by atoms with van der Waals surface area (Å²) in [6.07, 6.45) is 9.13. The maximum absolute atomic E-state index is 9.98. The van der Waals surface area contributed by atoms with E-state index in [-0.39, 0.29) is 23.8 Å². The Kier molecular flexibility index (Phi) is 7.36. The quantitative estimate of drug-likeness (QED) is 0.650. The highest BCUT2D eigenvalue weighted by molar-refractivity contribution is 5.86. The molecule has 182 valence electrons. The standard InChI is InChI=1S/C25H39N5O3/c1-16(15-32-5)28-24-27-14-21-22(29-24)20(17-6-8-18(31)9-7-17)13-26-23(21)33-19-10-11-30(4)25(2,3)12-19/h13-14,16-19,31H,6-12,15H2,1-5H3,(H,27,28,29)/t16-,17-,18-,19+/m0/s1. The predicted molar refractivity (Wildman–Crippen MR) is 130 cm³/mol. The number of hydrogen-bond donors (Lipinski definition) is 2. The van der Waals surface area contributed by atoms with Gasteiger partial charge in [0.25, 0.3) is 0 Å². The molecule has 2 aromatic rings. The second-order valence-electron chi connectivity index (χ2n) is 10.4. The fourth-order valence-electron chi connectivity index (χ4n) is 5.09. The topological polar surface area (TPSA) is 92.6 Å². The van der Waals surface area contributed by atoms with Crippen molar-refractivity contribution in [3.8, 4) is 5.88 Å². The number of pyridine rings is 1. The minimum absolute atomic E-state index is 0.0900. The van der Waals surface area contributed by atoms with Crippen molar-refractivity contribution in [2.45, 2.75) is 89.0 Å². The van der Waals surface area contributed by atoms with E-state index >= 15 is 0 Å². The summed E-state index contributed by atoms with van der Waals surface area (Å²) in [5, 5.41) is 14.2. The van der Waals surface area contributed by atoms with Gasteiger partial charge >= 0.3 is 0 Å². The van der Waals surface area contributed by atoms with E-state index < -0.39 is 0 Å². The molecule has 2 fully saturated rings. The number of aliphatic hydroxyl groups excluding tert-OH is 1. The van der Waals surface area contributed by atoms with Gasteiger partial charge in [0, 0.05) is 49.6 Å². The van der Waals surface area contributed by atoms with Gasteiger partial charge in [-0.3, -0.25) is 0 Å². The SMILES string of the molecule is COC[C@H](C)Nc1ncc2c(O[C@@H]3CCN(C)C(C)(C)C3)ncc([C@H]3CC[C@H](O)CC3)c2n1. The number of aliphatic hydroxyl groups is 1. The lowest BCUT2D eigenvalue weighted by molar-refractivity contribution is 0.0247.